The van der Waals surface area contributed by atoms with Gasteiger partial charge in [-0.15, -0.1) is 0 Å². The Hall–Kier alpha value is -1.46. The van der Waals surface area contributed by atoms with Gasteiger partial charge < -0.3 is 9.47 Å². The van der Waals surface area contributed by atoms with Crippen molar-refractivity contribution < 1.29 is 19.1 Å². The van der Waals surface area contributed by atoms with Crippen LogP contribution in [-0.2, 0) is 9.47 Å². The molecule has 22 heavy (non-hydrogen) atoms. The SMILES string of the molecule is CCCCCCCOC(=O)N=NC(=O)OCCCCCCC. The van der Waals surface area contributed by atoms with Gasteiger partial charge in [-0.25, -0.2) is 9.59 Å². The van der Waals surface area contributed by atoms with Crippen molar-refractivity contribution in [3.63, 3.8) is 0 Å². The number of unbranched alkanes of at least 4 members (excludes halogenated alkanes) is 8. The zero-order valence-corrected chi connectivity index (χ0v) is 14.0. The van der Waals surface area contributed by atoms with Gasteiger partial charge in [0.15, 0.2) is 0 Å². The molecule has 6 nitrogen and oxygen atoms in total. The van der Waals surface area contributed by atoms with Crippen LogP contribution in [0.4, 0.5) is 9.59 Å². The summed E-state index contributed by atoms with van der Waals surface area (Å²) in [6.45, 7) is 4.91. The van der Waals surface area contributed by atoms with Crippen LogP contribution in [0.5, 0.6) is 0 Å². The Bertz CT molecular complexity index is 289. The van der Waals surface area contributed by atoms with Gasteiger partial charge in [-0.1, -0.05) is 75.4 Å². The van der Waals surface area contributed by atoms with Crippen molar-refractivity contribution >= 4 is 12.2 Å². The molecular weight excluding hydrogens is 284 g/mol. The summed E-state index contributed by atoms with van der Waals surface area (Å²) >= 11 is 0. The number of ether oxygens (including phenoxy) is 2. The monoisotopic (exact) mass is 314 g/mol. The lowest BCUT2D eigenvalue weighted by molar-refractivity contribution is 0.143. The Labute approximate surface area is 133 Å². The van der Waals surface area contributed by atoms with Crippen LogP contribution in [0.15, 0.2) is 10.2 Å². The van der Waals surface area contributed by atoms with E-state index in [0.29, 0.717) is 13.2 Å². The summed E-state index contributed by atoms with van der Waals surface area (Å²) in [6.07, 6.45) is 9.01. The van der Waals surface area contributed by atoms with Crippen molar-refractivity contribution in [2.75, 3.05) is 13.2 Å². The van der Waals surface area contributed by atoms with Gasteiger partial charge in [-0.05, 0) is 12.8 Å². The Morgan fingerprint density at radius 2 is 1.00 bits per heavy atom. The predicted molar refractivity (Wildman–Crippen MR) is 85.1 cm³/mol. The fourth-order valence-electron chi connectivity index (χ4n) is 1.87. The third-order valence-electron chi connectivity index (χ3n) is 3.16. The van der Waals surface area contributed by atoms with Crippen LogP contribution in [0.3, 0.4) is 0 Å². The van der Waals surface area contributed by atoms with Gasteiger partial charge in [0.25, 0.3) is 0 Å². The first-order valence-electron chi connectivity index (χ1n) is 8.46. The number of carbonyl (C=O) groups is 2. The summed E-state index contributed by atoms with van der Waals surface area (Å²) in [7, 11) is 0. The molecule has 0 aromatic heterocycles. The molecule has 0 aromatic rings. The molecule has 0 N–H and O–H groups in total. The second kappa shape index (κ2) is 15.9. The number of amides is 2. The topological polar surface area (TPSA) is 77.3 Å². The molecule has 0 atom stereocenters. The van der Waals surface area contributed by atoms with Gasteiger partial charge in [0.05, 0.1) is 13.2 Å². The Morgan fingerprint density at radius 1 is 0.636 bits per heavy atom. The van der Waals surface area contributed by atoms with Gasteiger partial charge in [0.1, 0.15) is 0 Å². The summed E-state index contributed by atoms with van der Waals surface area (Å²) in [4.78, 5) is 22.4. The van der Waals surface area contributed by atoms with Crippen LogP contribution < -0.4 is 0 Å². The van der Waals surface area contributed by atoms with Crippen molar-refractivity contribution in [1.82, 2.24) is 0 Å². The number of hydrogen-bond acceptors (Lipinski definition) is 4. The lowest BCUT2D eigenvalue weighted by Gasteiger charge is -2.01. The number of nitrogens with zero attached hydrogens (tertiary/aromatic N) is 2. The molecule has 0 heterocycles. The van der Waals surface area contributed by atoms with Crippen LogP contribution in [0, 0.1) is 0 Å². The molecular formula is C16H30N2O4. The van der Waals surface area contributed by atoms with Crippen LogP contribution >= 0.6 is 0 Å². The summed E-state index contributed by atoms with van der Waals surface area (Å²) in [5.41, 5.74) is 0. The Balaban J connectivity index is 3.51. The van der Waals surface area contributed by atoms with E-state index in [1.807, 2.05) is 0 Å². The number of carbonyl (C=O) groups excluding carboxylic acids is 2. The molecule has 0 saturated carbocycles. The summed E-state index contributed by atoms with van der Waals surface area (Å²) in [5, 5.41) is 6.35. The summed E-state index contributed by atoms with van der Waals surface area (Å²) in [6, 6.07) is 0. The van der Waals surface area contributed by atoms with Crippen molar-refractivity contribution in [2.24, 2.45) is 10.2 Å². The second-order valence-corrected chi connectivity index (χ2v) is 5.26. The first-order chi connectivity index (χ1) is 10.7. The van der Waals surface area contributed by atoms with Crippen molar-refractivity contribution in [3.8, 4) is 0 Å². The minimum atomic E-state index is -0.838. The minimum absolute atomic E-state index is 0.314. The molecule has 0 aliphatic heterocycles. The first kappa shape index (κ1) is 20.5. The number of rotatable bonds is 12. The van der Waals surface area contributed by atoms with E-state index in [0.717, 1.165) is 38.5 Å². The highest BCUT2D eigenvalue weighted by Crippen LogP contribution is 2.04. The van der Waals surface area contributed by atoms with E-state index >= 15 is 0 Å². The van der Waals surface area contributed by atoms with Gasteiger partial charge in [0, 0.05) is 0 Å². The highest BCUT2D eigenvalue weighted by Gasteiger charge is 2.03. The quantitative estimate of drug-likeness (QED) is 0.344. The van der Waals surface area contributed by atoms with Gasteiger partial charge in [-0.2, -0.15) is 0 Å². The van der Waals surface area contributed by atoms with E-state index in [1.54, 1.807) is 0 Å². The molecule has 6 heteroatoms. The van der Waals surface area contributed by atoms with E-state index in [-0.39, 0.29) is 0 Å². The smallest absolute Gasteiger partial charge is 0.447 e. The normalized spacial score (nSPS) is 10.8. The molecule has 0 aromatic carbocycles. The van der Waals surface area contributed by atoms with Crippen molar-refractivity contribution in [1.29, 1.82) is 0 Å². The van der Waals surface area contributed by atoms with Crippen LogP contribution in [-0.4, -0.2) is 25.4 Å². The standard InChI is InChI=1S/C16H30N2O4/c1-3-5-7-9-11-13-21-15(19)17-18-16(20)22-14-12-10-8-6-4-2/h3-14H2,1-2H3. The van der Waals surface area contributed by atoms with Gasteiger partial charge in [-0.3, -0.25) is 0 Å². The minimum Gasteiger partial charge on any atom is -0.447 e. The third-order valence-corrected chi connectivity index (χ3v) is 3.16. The average Bonchev–Trinajstić information content (AvgIpc) is 2.52. The zero-order valence-electron chi connectivity index (χ0n) is 14.0. The van der Waals surface area contributed by atoms with Gasteiger partial charge >= 0.3 is 12.2 Å². The molecule has 0 rings (SSSR count). The molecule has 0 bridgehead atoms. The maximum atomic E-state index is 11.2. The van der Waals surface area contributed by atoms with Gasteiger partial charge in [0.2, 0.25) is 0 Å². The molecule has 2 amide bonds. The predicted octanol–water partition coefficient (Wildman–Crippen LogP) is 5.65. The Kier molecular flexibility index (Phi) is 14.9. The van der Waals surface area contributed by atoms with Crippen LogP contribution in [0.1, 0.15) is 78.1 Å². The first-order valence-corrected chi connectivity index (χ1v) is 8.46. The molecule has 0 aliphatic rings. The lowest BCUT2D eigenvalue weighted by Crippen LogP contribution is -2.03. The second-order valence-electron chi connectivity index (χ2n) is 5.26. The largest absolute Gasteiger partial charge is 0.452 e. The summed E-state index contributed by atoms with van der Waals surface area (Å²) in [5.74, 6) is 0. The van der Waals surface area contributed by atoms with Crippen molar-refractivity contribution in [3.05, 3.63) is 0 Å². The highest BCUT2D eigenvalue weighted by molar-refractivity contribution is 5.73. The van der Waals surface area contributed by atoms with Crippen LogP contribution in [0.25, 0.3) is 0 Å². The van der Waals surface area contributed by atoms with E-state index in [9.17, 15) is 9.59 Å². The molecule has 0 spiro atoms. The molecule has 0 aliphatic carbocycles. The Morgan fingerprint density at radius 3 is 1.36 bits per heavy atom. The summed E-state index contributed by atoms with van der Waals surface area (Å²) < 4.78 is 9.67. The van der Waals surface area contributed by atoms with Crippen LogP contribution in [0.2, 0.25) is 0 Å². The molecule has 128 valence electrons. The molecule has 0 saturated heterocycles. The molecule has 0 radical (unpaired) electrons. The molecule has 0 unspecified atom stereocenters. The van der Waals surface area contributed by atoms with E-state index in [4.69, 9.17) is 9.47 Å². The third kappa shape index (κ3) is 14.9. The highest BCUT2D eigenvalue weighted by atomic mass is 16.6. The van der Waals surface area contributed by atoms with Crippen molar-refractivity contribution in [2.45, 2.75) is 78.1 Å². The molecule has 0 fully saturated rings. The fourth-order valence-corrected chi connectivity index (χ4v) is 1.87. The number of hydrogen-bond donors (Lipinski definition) is 0. The number of azo groups is 1. The van der Waals surface area contributed by atoms with E-state index in [1.165, 1.54) is 25.7 Å². The average molecular weight is 314 g/mol. The fraction of sp³-hybridized carbons (Fsp3) is 0.875. The van der Waals surface area contributed by atoms with E-state index in [2.05, 4.69) is 24.1 Å². The lowest BCUT2D eigenvalue weighted by atomic mass is 10.2. The maximum absolute atomic E-state index is 11.2. The maximum Gasteiger partial charge on any atom is 0.452 e. The van der Waals surface area contributed by atoms with E-state index < -0.39 is 12.2 Å². The zero-order chi connectivity index (χ0) is 16.5.